The molecular formula is C18H28N2O3. The molecule has 0 aliphatic carbocycles. The van der Waals surface area contributed by atoms with Gasteiger partial charge in [-0.3, -0.25) is 4.79 Å². The van der Waals surface area contributed by atoms with Crippen LogP contribution in [0.5, 0.6) is 11.5 Å². The quantitative estimate of drug-likeness (QED) is 0.839. The van der Waals surface area contributed by atoms with Crippen LogP contribution in [0, 0.1) is 0 Å². The van der Waals surface area contributed by atoms with E-state index in [1.807, 2.05) is 18.2 Å². The van der Waals surface area contributed by atoms with Gasteiger partial charge in [-0.2, -0.15) is 0 Å². The van der Waals surface area contributed by atoms with Gasteiger partial charge in [0.1, 0.15) is 0 Å². The fourth-order valence-electron chi connectivity index (χ4n) is 2.90. The maximum atomic E-state index is 12.0. The number of amides is 1. The van der Waals surface area contributed by atoms with Crippen LogP contribution in [0.4, 0.5) is 0 Å². The van der Waals surface area contributed by atoms with Crippen LogP contribution in [0.3, 0.4) is 0 Å². The summed E-state index contributed by atoms with van der Waals surface area (Å²) >= 11 is 0. The molecule has 1 aromatic carbocycles. The summed E-state index contributed by atoms with van der Waals surface area (Å²) in [4.78, 5) is 14.4. The highest BCUT2D eigenvalue weighted by Crippen LogP contribution is 2.27. The second-order valence-corrected chi connectivity index (χ2v) is 5.97. The monoisotopic (exact) mass is 320 g/mol. The molecule has 2 rings (SSSR count). The molecule has 0 spiro atoms. The molecule has 5 nitrogen and oxygen atoms in total. The minimum absolute atomic E-state index is 0.101. The first kappa shape index (κ1) is 17.6. The summed E-state index contributed by atoms with van der Waals surface area (Å²) in [5.41, 5.74) is 1.01. The third-order valence-electron chi connectivity index (χ3n) is 4.29. The van der Waals surface area contributed by atoms with Crippen molar-refractivity contribution in [2.24, 2.45) is 0 Å². The lowest BCUT2D eigenvalue weighted by Crippen LogP contribution is -2.31. The number of benzene rings is 1. The standard InChI is InChI=1S/C18H28N2O3/c1-22-16-8-7-15(13-17(16)23-2)14-19-18(21)9-12-20-10-5-3-4-6-11-20/h7-8,13H,3-6,9-12,14H2,1-2H3,(H,19,21). The second kappa shape index (κ2) is 9.40. The van der Waals surface area contributed by atoms with Crippen molar-refractivity contribution in [1.29, 1.82) is 0 Å². The normalized spacial score (nSPS) is 15.7. The van der Waals surface area contributed by atoms with Gasteiger partial charge in [0.25, 0.3) is 0 Å². The minimum atomic E-state index is 0.101. The summed E-state index contributed by atoms with van der Waals surface area (Å²) in [5, 5.41) is 2.98. The summed E-state index contributed by atoms with van der Waals surface area (Å²) in [5.74, 6) is 1.48. The molecule has 0 aromatic heterocycles. The molecule has 1 heterocycles. The maximum absolute atomic E-state index is 12.0. The Bertz CT molecular complexity index is 497. The predicted molar refractivity (Wildman–Crippen MR) is 90.9 cm³/mol. The largest absolute Gasteiger partial charge is 0.493 e. The van der Waals surface area contributed by atoms with E-state index in [9.17, 15) is 4.79 Å². The maximum Gasteiger partial charge on any atom is 0.221 e. The highest BCUT2D eigenvalue weighted by Gasteiger charge is 2.11. The summed E-state index contributed by atoms with van der Waals surface area (Å²) in [6.45, 7) is 3.63. The van der Waals surface area contributed by atoms with E-state index in [0.717, 1.165) is 25.2 Å². The Hall–Kier alpha value is -1.75. The highest BCUT2D eigenvalue weighted by atomic mass is 16.5. The van der Waals surface area contributed by atoms with Crippen molar-refractivity contribution in [3.8, 4) is 11.5 Å². The Morgan fingerprint density at radius 2 is 1.78 bits per heavy atom. The van der Waals surface area contributed by atoms with Crippen molar-refractivity contribution < 1.29 is 14.3 Å². The smallest absolute Gasteiger partial charge is 0.221 e. The van der Waals surface area contributed by atoms with Crippen LogP contribution >= 0.6 is 0 Å². The second-order valence-electron chi connectivity index (χ2n) is 5.97. The van der Waals surface area contributed by atoms with Gasteiger partial charge in [-0.1, -0.05) is 18.9 Å². The first-order chi connectivity index (χ1) is 11.2. The third kappa shape index (κ3) is 5.75. The summed E-state index contributed by atoms with van der Waals surface area (Å²) in [6.07, 6.45) is 5.72. The van der Waals surface area contributed by atoms with Crippen molar-refractivity contribution in [3.05, 3.63) is 23.8 Å². The summed E-state index contributed by atoms with van der Waals surface area (Å²) in [6, 6.07) is 5.70. The van der Waals surface area contributed by atoms with Gasteiger partial charge in [0.15, 0.2) is 11.5 Å². The van der Waals surface area contributed by atoms with Crippen LogP contribution in [-0.4, -0.2) is 44.7 Å². The minimum Gasteiger partial charge on any atom is -0.493 e. The number of hydrogen-bond donors (Lipinski definition) is 1. The number of carbonyl (C=O) groups is 1. The van der Waals surface area contributed by atoms with Crippen molar-refractivity contribution in [1.82, 2.24) is 10.2 Å². The molecule has 0 atom stereocenters. The molecule has 1 aromatic rings. The zero-order chi connectivity index (χ0) is 16.5. The number of nitrogens with zero attached hydrogens (tertiary/aromatic N) is 1. The molecule has 23 heavy (non-hydrogen) atoms. The van der Waals surface area contributed by atoms with E-state index in [4.69, 9.17) is 9.47 Å². The lowest BCUT2D eigenvalue weighted by Gasteiger charge is -2.19. The van der Waals surface area contributed by atoms with Crippen molar-refractivity contribution in [2.45, 2.75) is 38.6 Å². The Morgan fingerprint density at radius 3 is 2.43 bits per heavy atom. The molecule has 1 fully saturated rings. The Balaban J connectivity index is 1.75. The number of nitrogens with one attached hydrogen (secondary N) is 1. The lowest BCUT2D eigenvalue weighted by atomic mass is 10.2. The average Bonchev–Trinajstić information content (AvgIpc) is 2.86. The SMILES string of the molecule is COc1ccc(CNC(=O)CCN2CCCCCC2)cc1OC. The number of ether oxygens (including phenoxy) is 2. The molecule has 1 N–H and O–H groups in total. The molecule has 0 saturated carbocycles. The Labute approximate surface area is 139 Å². The molecule has 1 aliphatic rings. The molecule has 0 radical (unpaired) electrons. The van der Waals surface area contributed by atoms with Gasteiger partial charge < -0.3 is 19.7 Å². The van der Waals surface area contributed by atoms with E-state index in [-0.39, 0.29) is 5.91 Å². The number of hydrogen-bond acceptors (Lipinski definition) is 4. The third-order valence-corrected chi connectivity index (χ3v) is 4.29. The molecule has 5 heteroatoms. The number of likely N-dealkylation sites (tertiary alicyclic amines) is 1. The first-order valence-electron chi connectivity index (χ1n) is 8.43. The van der Waals surface area contributed by atoms with E-state index in [1.165, 1.54) is 25.7 Å². The van der Waals surface area contributed by atoms with Gasteiger partial charge in [-0.15, -0.1) is 0 Å². The number of rotatable bonds is 7. The zero-order valence-corrected chi connectivity index (χ0v) is 14.3. The lowest BCUT2D eigenvalue weighted by molar-refractivity contribution is -0.121. The van der Waals surface area contributed by atoms with Crippen LogP contribution in [0.15, 0.2) is 18.2 Å². The summed E-state index contributed by atoms with van der Waals surface area (Å²) < 4.78 is 10.5. The zero-order valence-electron chi connectivity index (χ0n) is 14.3. The molecule has 1 aliphatic heterocycles. The van der Waals surface area contributed by atoms with E-state index in [2.05, 4.69) is 10.2 Å². The van der Waals surface area contributed by atoms with E-state index in [0.29, 0.717) is 24.5 Å². The van der Waals surface area contributed by atoms with Gasteiger partial charge in [0.05, 0.1) is 14.2 Å². The summed E-state index contributed by atoms with van der Waals surface area (Å²) in [7, 11) is 3.23. The van der Waals surface area contributed by atoms with Gasteiger partial charge in [0.2, 0.25) is 5.91 Å². The Morgan fingerprint density at radius 1 is 1.09 bits per heavy atom. The molecule has 128 valence electrons. The van der Waals surface area contributed by atoms with Crippen LogP contribution in [-0.2, 0) is 11.3 Å². The average molecular weight is 320 g/mol. The molecule has 0 bridgehead atoms. The predicted octanol–water partition coefficient (Wildman–Crippen LogP) is 2.59. The van der Waals surface area contributed by atoms with Gasteiger partial charge in [0, 0.05) is 19.5 Å². The van der Waals surface area contributed by atoms with Gasteiger partial charge in [-0.25, -0.2) is 0 Å². The molecular weight excluding hydrogens is 292 g/mol. The molecule has 1 amide bonds. The van der Waals surface area contributed by atoms with Gasteiger partial charge in [-0.05, 0) is 43.6 Å². The van der Waals surface area contributed by atoms with Crippen LogP contribution in [0.25, 0.3) is 0 Å². The molecule has 0 unspecified atom stereocenters. The van der Waals surface area contributed by atoms with Gasteiger partial charge >= 0.3 is 0 Å². The number of carbonyl (C=O) groups excluding carboxylic acids is 1. The van der Waals surface area contributed by atoms with E-state index < -0.39 is 0 Å². The van der Waals surface area contributed by atoms with Crippen molar-refractivity contribution >= 4 is 5.91 Å². The number of methoxy groups -OCH3 is 2. The van der Waals surface area contributed by atoms with Crippen LogP contribution in [0.2, 0.25) is 0 Å². The van der Waals surface area contributed by atoms with Crippen LogP contribution in [0.1, 0.15) is 37.7 Å². The Kier molecular flexibility index (Phi) is 7.20. The van der Waals surface area contributed by atoms with E-state index >= 15 is 0 Å². The topological polar surface area (TPSA) is 50.8 Å². The highest BCUT2D eigenvalue weighted by molar-refractivity contribution is 5.76. The fourth-order valence-corrected chi connectivity index (χ4v) is 2.90. The van der Waals surface area contributed by atoms with Crippen LogP contribution < -0.4 is 14.8 Å². The fraction of sp³-hybridized carbons (Fsp3) is 0.611. The first-order valence-corrected chi connectivity index (χ1v) is 8.43. The van der Waals surface area contributed by atoms with Crippen molar-refractivity contribution in [2.75, 3.05) is 33.9 Å². The van der Waals surface area contributed by atoms with E-state index in [1.54, 1.807) is 14.2 Å². The molecule has 1 saturated heterocycles. The van der Waals surface area contributed by atoms with Crippen molar-refractivity contribution in [3.63, 3.8) is 0 Å².